The molecule has 0 atom stereocenters. The van der Waals surface area contributed by atoms with Crippen LogP contribution in [0.25, 0.3) is 237 Å². The summed E-state index contributed by atoms with van der Waals surface area (Å²) in [6.45, 7) is 0. The molecule has 24 rings (SSSR count). The van der Waals surface area contributed by atoms with Crippen LogP contribution in [-0.4, -0.2) is 84.7 Å². The monoisotopic (exact) mass is 1850 g/mol. The van der Waals surface area contributed by atoms with Gasteiger partial charge in [-0.2, -0.15) is 0 Å². The molecule has 0 spiro atoms. The van der Waals surface area contributed by atoms with E-state index in [0.29, 0.717) is 52.4 Å². The quantitative estimate of drug-likeness (QED) is 0.0653. The molecule has 17 heteroatoms. The first-order chi connectivity index (χ1) is 71.3. The molecule has 0 saturated heterocycles. The van der Waals surface area contributed by atoms with Crippen molar-refractivity contribution in [2.24, 2.45) is 0 Å². The summed E-state index contributed by atoms with van der Waals surface area (Å²) in [5, 5.41) is 0. The number of benzene rings is 13. The van der Waals surface area contributed by atoms with Crippen molar-refractivity contribution in [1.29, 1.82) is 0 Å². The largest absolute Gasteiger partial charge is 0.256 e. The Morgan fingerprint density at radius 2 is 0.222 bits per heavy atom. The van der Waals surface area contributed by atoms with Crippen molar-refractivity contribution in [2.45, 2.75) is 0 Å². The summed E-state index contributed by atoms with van der Waals surface area (Å²) in [6.07, 6.45) is 14.4. The van der Waals surface area contributed by atoms with Crippen LogP contribution in [0.15, 0.2) is 517 Å². The van der Waals surface area contributed by atoms with Gasteiger partial charge >= 0.3 is 0 Å². The first kappa shape index (κ1) is 89.3. The standard InChI is InChI=1S/2C43H29N5.C41H27N7/c1-3-13-30(14-4-1)32-17-11-19-34(25-32)41-46-42(35-20-12-18-33(26-35)31-15-5-2-6-16-31)48-43(47-41)38-28-36(39-21-7-9-23-44-39)27-37(29-38)40-22-8-10-24-45-40;1-3-11-30(12-4-1)32-17-21-34(22-18-32)41-46-42(35-23-19-33(20-24-35)31-13-5-2-6-14-31)48-43(47-41)38-28-36(39-15-7-9-25-44-39)27-37(29-38)40-16-8-10-26-45-40;1-5-19-42-35(15-1)28-11-9-13-30(23-28)39-46-40(31-14-10-12-29(24-31)36-16-2-6-20-43-36)48-41(47-39)34-26-32(37-17-3-7-21-44-37)25-33(27-34)38-18-4-8-22-45-38/h2*1-29H;1-27H. The molecule has 11 heterocycles. The van der Waals surface area contributed by atoms with E-state index in [1.165, 1.54) is 0 Å². The number of hydrogen-bond donors (Lipinski definition) is 0. The Kier molecular flexibility index (Phi) is 26.3. The molecule has 0 radical (unpaired) electrons. The summed E-state index contributed by atoms with van der Waals surface area (Å²) in [5.41, 5.74) is 31.4. The molecule has 0 aliphatic heterocycles. The van der Waals surface area contributed by atoms with Crippen LogP contribution < -0.4 is 0 Å². The number of nitrogens with zero attached hydrogens (tertiary/aromatic N) is 17. The van der Waals surface area contributed by atoms with Crippen molar-refractivity contribution in [3.63, 3.8) is 0 Å². The average molecular weight is 1850 g/mol. The van der Waals surface area contributed by atoms with Crippen LogP contribution >= 0.6 is 0 Å². The van der Waals surface area contributed by atoms with Crippen molar-refractivity contribution in [3.05, 3.63) is 517 Å². The topological polar surface area (TPSA) is 219 Å². The molecule has 0 bridgehead atoms. The first-order valence-electron chi connectivity index (χ1n) is 47.2. The highest BCUT2D eigenvalue weighted by Crippen LogP contribution is 2.40. The minimum Gasteiger partial charge on any atom is -0.256 e. The fourth-order valence-electron chi connectivity index (χ4n) is 17.2. The highest BCUT2D eigenvalue weighted by atomic mass is 15.1. The summed E-state index contributed by atoms with van der Waals surface area (Å²) >= 11 is 0. The number of pyridine rings is 8. The lowest BCUT2D eigenvalue weighted by atomic mass is 9.99. The Morgan fingerprint density at radius 1 is 0.0833 bits per heavy atom. The van der Waals surface area contributed by atoms with Gasteiger partial charge in [-0.3, -0.25) is 39.9 Å². The Labute approximate surface area is 832 Å². The van der Waals surface area contributed by atoms with E-state index >= 15 is 0 Å². The fraction of sp³-hybridized carbons (Fsp3) is 0. The third kappa shape index (κ3) is 21.0. The summed E-state index contributed by atoms with van der Waals surface area (Å²) < 4.78 is 0. The van der Waals surface area contributed by atoms with Gasteiger partial charge in [0.25, 0.3) is 0 Å². The van der Waals surface area contributed by atoms with Gasteiger partial charge in [0.2, 0.25) is 0 Å². The molecular weight excluding hydrogens is 1760 g/mol. The summed E-state index contributed by atoms with van der Waals surface area (Å²) in [7, 11) is 0. The third-order valence-corrected chi connectivity index (χ3v) is 24.4. The third-order valence-electron chi connectivity index (χ3n) is 24.4. The van der Waals surface area contributed by atoms with E-state index in [0.717, 1.165) is 185 Å². The van der Waals surface area contributed by atoms with E-state index in [1.54, 1.807) is 49.6 Å². The van der Waals surface area contributed by atoms with Gasteiger partial charge in [-0.15, -0.1) is 0 Å². The van der Waals surface area contributed by atoms with E-state index < -0.39 is 0 Å². The van der Waals surface area contributed by atoms with Gasteiger partial charge in [0.05, 0.1) is 45.6 Å². The van der Waals surface area contributed by atoms with E-state index in [2.05, 4.69) is 301 Å². The summed E-state index contributed by atoms with van der Waals surface area (Å²) in [5.74, 6) is 5.19. The lowest BCUT2D eigenvalue weighted by Crippen LogP contribution is -2.01. The second kappa shape index (κ2) is 42.4. The fourth-order valence-corrected chi connectivity index (χ4v) is 17.2. The first-order valence-corrected chi connectivity index (χ1v) is 47.2. The maximum Gasteiger partial charge on any atom is 0.164 e. The molecule has 144 heavy (non-hydrogen) atoms. The van der Waals surface area contributed by atoms with Crippen molar-refractivity contribution in [1.82, 2.24) is 84.7 Å². The molecule has 0 amide bonds. The van der Waals surface area contributed by atoms with Crippen LogP contribution in [0.1, 0.15) is 0 Å². The molecule has 0 aliphatic rings. The van der Waals surface area contributed by atoms with Crippen LogP contribution in [0.3, 0.4) is 0 Å². The van der Waals surface area contributed by atoms with Gasteiger partial charge in [0, 0.05) is 144 Å². The predicted octanol–water partition coefficient (Wildman–Crippen LogP) is 29.8. The van der Waals surface area contributed by atoms with Gasteiger partial charge in [-0.05, 0) is 220 Å². The number of hydrogen-bond acceptors (Lipinski definition) is 17. The minimum atomic E-state index is 0.538. The second-order valence-electron chi connectivity index (χ2n) is 34.0. The Balaban J connectivity index is 0.000000123. The molecule has 0 unspecified atom stereocenters. The molecule has 0 aliphatic carbocycles. The van der Waals surface area contributed by atoms with Crippen LogP contribution in [0.2, 0.25) is 0 Å². The smallest absolute Gasteiger partial charge is 0.164 e. The summed E-state index contributed by atoms with van der Waals surface area (Å²) in [4.78, 5) is 82.7. The molecule has 11 aromatic heterocycles. The number of aromatic nitrogens is 17. The van der Waals surface area contributed by atoms with Crippen LogP contribution in [0.4, 0.5) is 0 Å². The van der Waals surface area contributed by atoms with E-state index in [9.17, 15) is 0 Å². The van der Waals surface area contributed by atoms with E-state index in [1.807, 2.05) is 206 Å². The zero-order chi connectivity index (χ0) is 96.4. The van der Waals surface area contributed by atoms with Gasteiger partial charge in [-0.1, -0.05) is 291 Å². The van der Waals surface area contributed by atoms with Crippen LogP contribution in [0, 0.1) is 0 Å². The van der Waals surface area contributed by atoms with Crippen molar-refractivity contribution in [2.75, 3.05) is 0 Å². The highest BCUT2D eigenvalue weighted by Gasteiger charge is 2.23. The Bertz CT molecular complexity index is 7730. The maximum absolute atomic E-state index is 5.12. The molecule has 0 N–H and O–H groups in total. The molecule has 0 saturated carbocycles. The predicted molar refractivity (Wildman–Crippen MR) is 576 cm³/mol. The Morgan fingerprint density at radius 3 is 0.438 bits per heavy atom. The normalized spacial score (nSPS) is 10.9. The van der Waals surface area contributed by atoms with Gasteiger partial charge in [0.1, 0.15) is 0 Å². The SMILES string of the molecule is c1ccc(-c2ccc(-c3nc(-c4ccc(-c5ccccc5)cc4)nc(-c4cc(-c5ccccn5)cc(-c5ccccn5)c4)n3)cc2)cc1.c1ccc(-c2cccc(-c3nc(-c4cccc(-c5ccccc5)c4)nc(-c4cc(-c5ccccn5)cc(-c5ccccn5)c4)n3)c2)cc1.c1ccc(-c2cccc(-c3nc(-c4cccc(-c5ccccn5)c4)nc(-c4cc(-c5ccccn5)cc(-c5ccccn5)c4)n3)c2)nc1. The molecule has 17 nitrogen and oxygen atoms in total. The van der Waals surface area contributed by atoms with Crippen molar-refractivity contribution < 1.29 is 0 Å². The lowest BCUT2D eigenvalue weighted by Gasteiger charge is -2.12. The van der Waals surface area contributed by atoms with Gasteiger partial charge in [-0.25, -0.2) is 44.9 Å². The van der Waals surface area contributed by atoms with E-state index in [-0.39, 0.29) is 0 Å². The Hall–Kier alpha value is -19.9. The maximum atomic E-state index is 5.12. The number of rotatable bonds is 21. The minimum absolute atomic E-state index is 0.538. The van der Waals surface area contributed by atoms with Crippen molar-refractivity contribution in [3.8, 4) is 237 Å². The average Bonchev–Trinajstić information content (AvgIpc) is 0.782. The zero-order valence-corrected chi connectivity index (χ0v) is 77.7. The highest BCUT2D eigenvalue weighted by molar-refractivity contribution is 5.85. The van der Waals surface area contributed by atoms with Crippen LogP contribution in [0.5, 0.6) is 0 Å². The van der Waals surface area contributed by atoms with E-state index in [4.69, 9.17) is 44.9 Å². The molecule has 678 valence electrons. The van der Waals surface area contributed by atoms with Gasteiger partial charge in [0.15, 0.2) is 52.4 Å². The lowest BCUT2D eigenvalue weighted by molar-refractivity contribution is 1.07. The molecule has 24 aromatic rings. The second-order valence-corrected chi connectivity index (χ2v) is 34.0. The van der Waals surface area contributed by atoms with Crippen molar-refractivity contribution >= 4 is 0 Å². The molecule has 13 aromatic carbocycles. The molecule has 0 fully saturated rings. The van der Waals surface area contributed by atoms with Crippen LogP contribution in [-0.2, 0) is 0 Å². The molecular formula is C127H85N17. The van der Waals surface area contributed by atoms with Gasteiger partial charge < -0.3 is 0 Å². The zero-order valence-electron chi connectivity index (χ0n) is 77.7. The summed E-state index contributed by atoms with van der Waals surface area (Å²) in [6, 6.07) is 157.